The maximum absolute atomic E-state index is 6.32. The van der Waals surface area contributed by atoms with Gasteiger partial charge in [0.2, 0.25) is 0 Å². The molecule has 2 aromatic carbocycles. The van der Waals surface area contributed by atoms with Crippen molar-refractivity contribution in [2.45, 2.75) is 26.8 Å². The van der Waals surface area contributed by atoms with Crippen molar-refractivity contribution in [1.82, 2.24) is 0 Å². The molecule has 0 heterocycles. The standard InChI is InChI=1S/C16H17Cl2N/c1-9-4-5-12(14(17)6-9)16(19)13-7-10(2)11(3)8-15(13)18/h4-8,16H,19H2,1-3H3. The molecule has 3 heteroatoms. The van der Waals surface area contributed by atoms with E-state index in [4.69, 9.17) is 28.9 Å². The first-order valence-corrected chi connectivity index (χ1v) is 6.94. The fourth-order valence-electron chi connectivity index (χ4n) is 2.09. The zero-order valence-electron chi connectivity index (χ0n) is 11.3. The van der Waals surface area contributed by atoms with Gasteiger partial charge in [-0.25, -0.2) is 0 Å². The molecule has 2 rings (SSSR count). The van der Waals surface area contributed by atoms with Crippen molar-refractivity contribution in [3.05, 3.63) is 68.2 Å². The van der Waals surface area contributed by atoms with Gasteiger partial charge in [-0.3, -0.25) is 0 Å². The SMILES string of the molecule is Cc1ccc(C(N)c2cc(C)c(C)cc2Cl)c(Cl)c1. The molecule has 0 aromatic heterocycles. The number of hydrogen-bond donors (Lipinski definition) is 1. The second-order valence-electron chi connectivity index (χ2n) is 4.96. The van der Waals surface area contributed by atoms with Crippen molar-refractivity contribution in [1.29, 1.82) is 0 Å². The molecule has 0 fully saturated rings. The molecule has 0 radical (unpaired) electrons. The highest BCUT2D eigenvalue weighted by Crippen LogP contribution is 2.32. The third kappa shape index (κ3) is 2.94. The smallest absolute Gasteiger partial charge is 0.0581 e. The van der Waals surface area contributed by atoms with Gasteiger partial charge in [0.05, 0.1) is 6.04 Å². The molecule has 0 amide bonds. The van der Waals surface area contributed by atoms with Crippen LogP contribution >= 0.6 is 23.2 Å². The number of halogens is 2. The molecular weight excluding hydrogens is 277 g/mol. The van der Waals surface area contributed by atoms with Crippen LogP contribution in [0.4, 0.5) is 0 Å². The van der Waals surface area contributed by atoms with Gasteiger partial charge in [0.25, 0.3) is 0 Å². The molecule has 0 aliphatic carbocycles. The van der Waals surface area contributed by atoms with Crippen LogP contribution in [-0.2, 0) is 0 Å². The summed E-state index contributed by atoms with van der Waals surface area (Å²) < 4.78 is 0. The maximum Gasteiger partial charge on any atom is 0.0581 e. The van der Waals surface area contributed by atoms with Gasteiger partial charge in [0.15, 0.2) is 0 Å². The van der Waals surface area contributed by atoms with Crippen LogP contribution in [0.25, 0.3) is 0 Å². The topological polar surface area (TPSA) is 26.0 Å². The van der Waals surface area contributed by atoms with Crippen molar-refractivity contribution in [2.24, 2.45) is 5.73 Å². The normalized spacial score (nSPS) is 12.5. The van der Waals surface area contributed by atoms with Gasteiger partial charge in [-0.2, -0.15) is 0 Å². The lowest BCUT2D eigenvalue weighted by Crippen LogP contribution is -2.13. The van der Waals surface area contributed by atoms with Crippen LogP contribution in [-0.4, -0.2) is 0 Å². The van der Waals surface area contributed by atoms with Crippen LogP contribution in [0.2, 0.25) is 10.0 Å². The van der Waals surface area contributed by atoms with Crippen LogP contribution in [0, 0.1) is 20.8 Å². The minimum absolute atomic E-state index is 0.306. The molecule has 1 atom stereocenters. The summed E-state index contributed by atoms with van der Waals surface area (Å²) in [6.07, 6.45) is 0. The molecule has 0 aliphatic heterocycles. The molecule has 0 saturated heterocycles. The third-order valence-corrected chi connectivity index (χ3v) is 4.09. The summed E-state index contributed by atoms with van der Waals surface area (Å²) >= 11 is 12.6. The van der Waals surface area contributed by atoms with Gasteiger partial charge in [0, 0.05) is 10.0 Å². The van der Waals surface area contributed by atoms with Crippen molar-refractivity contribution >= 4 is 23.2 Å². The van der Waals surface area contributed by atoms with E-state index in [0.29, 0.717) is 10.0 Å². The van der Waals surface area contributed by atoms with Crippen LogP contribution in [0.5, 0.6) is 0 Å². The molecule has 0 bridgehead atoms. The van der Waals surface area contributed by atoms with E-state index in [-0.39, 0.29) is 6.04 Å². The fourth-order valence-corrected chi connectivity index (χ4v) is 2.78. The Balaban J connectivity index is 2.49. The van der Waals surface area contributed by atoms with E-state index in [1.165, 1.54) is 5.56 Å². The molecule has 1 unspecified atom stereocenters. The first-order chi connectivity index (χ1) is 8.90. The van der Waals surface area contributed by atoms with E-state index in [0.717, 1.165) is 22.3 Å². The summed E-state index contributed by atoms with van der Waals surface area (Å²) in [5.41, 5.74) is 11.6. The maximum atomic E-state index is 6.32. The van der Waals surface area contributed by atoms with Crippen LogP contribution in [0.3, 0.4) is 0 Å². The number of benzene rings is 2. The number of rotatable bonds is 2. The summed E-state index contributed by atoms with van der Waals surface area (Å²) in [6, 6.07) is 9.59. The second-order valence-corrected chi connectivity index (χ2v) is 5.78. The van der Waals surface area contributed by atoms with Crippen LogP contribution < -0.4 is 5.73 Å². The minimum Gasteiger partial charge on any atom is -0.320 e. The average Bonchev–Trinajstić information content (AvgIpc) is 2.33. The second kappa shape index (κ2) is 5.54. The fraction of sp³-hybridized carbons (Fsp3) is 0.250. The lowest BCUT2D eigenvalue weighted by molar-refractivity contribution is 0.868. The Morgan fingerprint density at radius 2 is 1.42 bits per heavy atom. The summed E-state index contributed by atoms with van der Waals surface area (Å²) in [4.78, 5) is 0. The van der Waals surface area contributed by atoms with E-state index in [1.54, 1.807) is 0 Å². The van der Waals surface area contributed by atoms with Gasteiger partial charge >= 0.3 is 0 Å². The minimum atomic E-state index is -0.306. The van der Waals surface area contributed by atoms with E-state index < -0.39 is 0 Å². The zero-order chi connectivity index (χ0) is 14.2. The predicted octanol–water partition coefficient (Wildman–Crippen LogP) is 4.97. The molecular formula is C16H17Cl2N. The zero-order valence-corrected chi connectivity index (χ0v) is 12.8. The summed E-state index contributed by atoms with van der Waals surface area (Å²) in [7, 11) is 0. The van der Waals surface area contributed by atoms with E-state index in [1.807, 2.05) is 44.2 Å². The predicted molar refractivity (Wildman–Crippen MR) is 83.1 cm³/mol. The first kappa shape index (κ1) is 14.4. The highest BCUT2D eigenvalue weighted by molar-refractivity contribution is 6.32. The van der Waals surface area contributed by atoms with Gasteiger partial charge in [-0.15, -0.1) is 0 Å². The molecule has 100 valence electrons. The molecule has 0 spiro atoms. The van der Waals surface area contributed by atoms with Crippen LogP contribution in [0.15, 0.2) is 30.3 Å². The molecule has 2 N–H and O–H groups in total. The summed E-state index contributed by atoms with van der Waals surface area (Å²) in [5.74, 6) is 0. The van der Waals surface area contributed by atoms with Gasteiger partial charge in [0.1, 0.15) is 0 Å². The van der Waals surface area contributed by atoms with Crippen molar-refractivity contribution in [3.8, 4) is 0 Å². The monoisotopic (exact) mass is 293 g/mol. The Hall–Kier alpha value is -1.02. The molecule has 19 heavy (non-hydrogen) atoms. The Morgan fingerprint density at radius 3 is 2.05 bits per heavy atom. The molecule has 0 saturated carbocycles. The Bertz CT molecular complexity index is 620. The number of hydrogen-bond acceptors (Lipinski definition) is 1. The lowest BCUT2D eigenvalue weighted by Gasteiger charge is -2.17. The Morgan fingerprint density at radius 1 is 0.842 bits per heavy atom. The number of nitrogens with two attached hydrogens (primary N) is 1. The molecule has 0 aliphatic rings. The quantitative estimate of drug-likeness (QED) is 0.831. The van der Waals surface area contributed by atoms with Crippen molar-refractivity contribution in [2.75, 3.05) is 0 Å². The largest absolute Gasteiger partial charge is 0.320 e. The number of aryl methyl sites for hydroxylation is 3. The van der Waals surface area contributed by atoms with Gasteiger partial charge in [-0.05, 0) is 60.7 Å². The van der Waals surface area contributed by atoms with Crippen molar-refractivity contribution in [3.63, 3.8) is 0 Å². The highest BCUT2D eigenvalue weighted by atomic mass is 35.5. The Kier molecular flexibility index (Phi) is 4.19. The summed E-state index contributed by atoms with van der Waals surface area (Å²) in [5, 5.41) is 1.37. The van der Waals surface area contributed by atoms with Crippen molar-refractivity contribution < 1.29 is 0 Å². The summed E-state index contributed by atoms with van der Waals surface area (Å²) in [6.45, 7) is 6.10. The molecule has 2 aromatic rings. The van der Waals surface area contributed by atoms with Crippen LogP contribution in [0.1, 0.15) is 33.9 Å². The lowest BCUT2D eigenvalue weighted by atomic mass is 9.95. The van der Waals surface area contributed by atoms with Gasteiger partial charge in [-0.1, -0.05) is 41.4 Å². The van der Waals surface area contributed by atoms with Gasteiger partial charge < -0.3 is 5.73 Å². The van der Waals surface area contributed by atoms with E-state index in [9.17, 15) is 0 Å². The highest BCUT2D eigenvalue weighted by Gasteiger charge is 2.16. The molecule has 1 nitrogen and oxygen atoms in total. The third-order valence-electron chi connectivity index (χ3n) is 3.44. The first-order valence-electron chi connectivity index (χ1n) is 6.18. The van der Waals surface area contributed by atoms with E-state index >= 15 is 0 Å². The Labute approximate surface area is 124 Å². The average molecular weight is 294 g/mol. The van der Waals surface area contributed by atoms with E-state index in [2.05, 4.69) is 6.92 Å².